The van der Waals surface area contributed by atoms with Crippen LogP contribution in [0.2, 0.25) is 0 Å². The monoisotopic (exact) mass is 369 g/mol. The van der Waals surface area contributed by atoms with Crippen molar-refractivity contribution < 1.29 is 9.59 Å². The molecule has 136 valence electrons. The minimum atomic E-state index is -0.279. The van der Waals surface area contributed by atoms with E-state index in [-0.39, 0.29) is 17.7 Å². The molecule has 1 fully saturated rings. The number of hydrogen-bond donors (Lipinski definition) is 1. The fraction of sp³-hybridized carbons (Fsp3) is 0.450. The summed E-state index contributed by atoms with van der Waals surface area (Å²) in [6.45, 7) is 1.17. The number of anilines is 1. The standard InChI is InChI=1S/C20H23N3O2S/c24-18-12-15(13-23(18)11-10-14-6-2-1-3-7-14)19(25)22-20-21-16-8-4-5-9-17(16)26-20/h1-3,6-7,15H,4-5,8-13H2,(H,21,22,25)/t15-/m0/s1. The summed E-state index contributed by atoms with van der Waals surface area (Å²) in [7, 11) is 0. The Hall–Kier alpha value is -2.21. The molecular weight excluding hydrogens is 346 g/mol. The summed E-state index contributed by atoms with van der Waals surface area (Å²) in [6, 6.07) is 10.1. The number of benzene rings is 1. The molecule has 1 aromatic heterocycles. The summed E-state index contributed by atoms with van der Waals surface area (Å²) < 4.78 is 0. The Labute approximate surface area is 157 Å². The number of carbonyl (C=O) groups is 2. The van der Waals surface area contributed by atoms with Gasteiger partial charge in [0, 0.05) is 24.4 Å². The van der Waals surface area contributed by atoms with E-state index in [2.05, 4.69) is 22.4 Å². The number of aryl methyl sites for hydroxylation is 2. The van der Waals surface area contributed by atoms with Crippen molar-refractivity contribution in [2.45, 2.75) is 38.5 Å². The van der Waals surface area contributed by atoms with Crippen molar-refractivity contribution in [3.63, 3.8) is 0 Å². The number of hydrogen-bond acceptors (Lipinski definition) is 4. The van der Waals surface area contributed by atoms with Gasteiger partial charge in [-0.1, -0.05) is 30.3 Å². The number of nitrogens with one attached hydrogen (secondary N) is 1. The van der Waals surface area contributed by atoms with Gasteiger partial charge in [0.2, 0.25) is 11.8 Å². The van der Waals surface area contributed by atoms with Gasteiger partial charge in [-0.3, -0.25) is 9.59 Å². The van der Waals surface area contributed by atoms with Gasteiger partial charge in [-0.2, -0.15) is 0 Å². The van der Waals surface area contributed by atoms with Crippen molar-refractivity contribution in [2.24, 2.45) is 5.92 Å². The van der Waals surface area contributed by atoms with E-state index in [1.807, 2.05) is 23.1 Å². The molecule has 4 rings (SSSR count). The van der Waals surface area contributed by atoms with E-state index in [1.165, 1.54) is 23.3 Å². The van der Waals surface area contributed by atoms with Crippen LogP contribution < -0.4 is 5.32 Å². The SMILES string of the molecule is O=C(Nc1nc2c(s1)CCCC2)[C@H]1CC(=O)N(CCc2ccccc2)C1. The summed E-state index contributed by atoms with van der Waals surface area (Å²) in [4.78, 5) is 32.5. The molecule has 1 aliphatic carbocycles. The second-order valence-electron chi connectivity index (χ2n) is 7.06. The third-order valence-corrected chi connectivity index (χ3v) is 6.25. The molecule has 0 unspecified atom stereocenters. The van der Waals surface area contributed by atoms with Crippen LogP contribution in [0.15, 0.2) is 30.3 Å². The average Bonchev–Trinajstić information content (AvgIpc) is 3.23. The van der Waals surface area contributed by atoms with Crippen LogP contribution in [0.25, 0.3) is 0 Å². The van der Waals surface area contributed by atoms with Crippen LogP contribution in [0.4, 0.5) is 5.13 Å². The molecule has 0 saturated carbocycles. The molecule has 1 aliphatic heterocycles. The van der Waals surface area contributed by atoms with Crippen molar-refractivity contribution in [3.05, 3.63) is 46.5 Å². The van der Waals surface area contributed by atoms with Crippen molar-refractivity contribution in [3.8, 4) is 0 Å². The maximum atomic E-state index is 12.6. The number of nitrogens with zero attached hydrogens (tertiary/aromatic N) is 2. The highest BCUT2D eigenvalue weighted by Crippen LogP contribution is 2.30. The summed E-state index contributed by atoms with van der Waals surface area (Å²) in [6.07, 6.45) is 5.58. The predicted molar refractivity (Wildman–Crippen MR) is 102 cm³/mol. The van der Waals surface area contributed by atoms with Gasteiger partial charge < -0.3 is 10.2 Å². The molecule has 1 saturated heterocycles. The predicted octanol–water partition coefficient (Wildman–Crippen LogP) is 3.05. The number of thiazole rings is 1. The Morgan fingerprint density at radius 2 is 2.04 bits per heavy atom. The highest BCUT2D eigenvalue weighted by atomic mass is 32.1. The molecule has 6 heteroatoms. The van der Waals surface area contributed by atoms with Crippen LogP contribution in [0.5, 0.6) is 0 Å². The molecule has 2 aliphatic rings. The molecule has 1 aromatic carbocycles. The molecule has 2 heterocycles. The molecule has 1 N–H and O–H groups in total. The van der Waals surface area contributed by atoms with Crippen LogP contribution in [0.3, 0.4) is 0 Å². The van der Waals surface area contributed by atoms with Crippen molar-refractivity contribution in [1.29, 1.82) is 0 Å². The fourth-order valence-electron chi connectivity index (χ4n) is 3.69. The van der Waals surface area contributed by atoms with Crippen LogP contribution in [-0.2, 0) is 28.9 Å². The van der Waals surface area contributed by atoms with Crippen LogP contribution >= 0.6 is 11.3 Å². The quantitative estimate of drug-likeness (QED) is 0.881. The Morgan fingerprint density at radius 3 is 2.85 bits per heavy atom. The highest BCUT2D eigenvalue weighted by molar-refractivity contribution is 7.15. The van der Waals surface area contributed by atoms with E-state index < -0.39 is 0 Å². The number of aromatic nitrogens is 1. The lowest BCUT2D eigenvalue weighted by Gasteiger charge is -2.16. The number of rotatable bonds is 5. The number of carbonyl (C=O) groups excluding carboxylic acids is 2. The molecular formula is C20H23N3O2S. The van der Waals surface area contributed by atoms with Crippen LogP contribution in [-0.4, -0.2) is 34.8 Å². The zero-order valence-corrected chi connectivity index (χ0v) is 15.6. The Bertz CT molecular complexity index is 779. The lowest BCUT2D eigenvalue weighted by molar-refractivity contribution is -0.128. The largest absolute Gasteiger partial charge is 0.342 e. The second-order valence-corrected chi connectivity index (χ2v) is 8.15. The topological polar surface area (TPSA) is 62.3 Å². The minimum absolute atomic E-state index is 0.0690. The van der Waals surface area contributed by atoms with Gasteiger partial charge in [0.15, 0.2) is 5.13 Å². The first kappa shape index (κ1) is 17.2. The van der Waals surface area contributed by atoms with E-state index in [1.54, 1.807) is 11.3 Å². The van der Waals surface area contributed by atoms with Crippen molar-refractivity contribution in [1.82, 2.24) is 9.88 Å². The van der Waals surface area contributed by atoms with Gasteiger partial charge in [0.25, 0.3) is 0 Å². The molecule has 5 nitrogen and oxygen atoms in total. The Morgan fingerprint density at radius 1 is 1.23 bits per heavy atom. The van der Waals surface area contributed by atoms with Gasteiger partial charge in [-0.15, -0.1) is 11.3 Å². The fourth-order valence-corrected chi connectivity index (χ4v) is 4.74. The normalized spacial score (nSPS) is 19.5. The summed E-state index contributed by atoms with van der Waals surface area (Å²) >= 11 is 1.59. The van der Waals surface area contributed by atoms with Crippen LogP contribution in [0, 0.1) is 5.92 Å². The van der Waals surface area contributed by atoms with Gasteiger partial charge in [0.1, 0.15) is 0 Å². The first-order valence-electron chi connectivity index (χ1n) is 9.30. The third-order valence-electron chi connectivity index (χ3n) is 5.17. The van der Waals surface area contributed by atoms with E-state index in [4.69, 9.17) is 0 Å². The maximum Gasteiger partial charge on any atom is 0.231 e. The van der Waals surface area contributed by atoms with E-state index >= 15 is 0 Å². The van der Waals surface area contributed by atoms with Crippen LogP contribution in [0.1, 0.15) is 35.4 Å². The Kier molecular flexibility index (Phi) is 5.02. The van der Waals surface area contributed by atoms with E-state index in [0.29, 0.717) is 24.6 Å². The molecule has 2 aromatic rings. The maximum absolute atomic E-state index is 12.6. The summed E-state index contributed by atoms with van der Waals surface area (Å²) in [5, 5.41) is 3.64. The van der Waals surface area contributed by atoms with E-state index in [0.717, 1.165) is 25.0 Å². The zero-order chi connectivity index (χ0) is 17.9. The molecule has 0 bridgehead atoms. The first-order valence-corrected chi connectivity index (χ1v) is 10.1. The third kappa shape index (κ3) is 3.80. The first-order chi connectivity index (χ1) is 12.7. The molecule has 0 spiro atoms. The highest BCUT2D eigenvalue weighted by Gasteiger charge is 2.34. The number of fused-ring (bicyclic) bond motifs is 1. The number of amides is 2. The summed E-state index contributed by atoms with van der Waals surface area (Å²) in [5.41, 5.74) is 2.35. The van der Waals surface area contributed by atoms with Gasteiger partial charge in [-0.05, 0) is 37.7 Å². The van der Waals surface area contributed by atoms with E-state index in [9.17, 15) is 9.59 Å². The molecule has 26 heavy (non-hydrogen) atoms. The number of likely N-dealkylation sites (tertiary alicyclic amines) is 1. The van der Waals surface area contributed by atoms with Crippen molar-refractivity contribution in [2.75, 3.05) is 18.4 Å². The smallest absolute Gasteiger partial charge is 0.231 e. The van der Waals surface area contributed by atoms with Gasteiger partial charge in [0.05, 0.1) is 11.6 Å². The summed E-state index contributed by atoms with van der Waals surface area (Å²) in [5.74, 6) is -0.287. The zero-order valence-electron chi connectivity index (χ0n) is 14.7. The van der Waals surface area contributed by atoms with Gasteiger partial charge >= 0.3 is 0 Å². The lowest BCUT2D eigenvalue weighted by atomic mass is 10.0. The van der Waals surface area contributed by atoms with Gasteiger partial charge in [-0.25, -0.2) is 4.98 Å². The average molecular weight is 369 g/mol. The lowest BCUT2D eigenvalue weighted by Crippen LogP contribution is -2.30. The Balaban J connectivity index is 1.32. The minimum Gasteiger partial charge on any atom is -0.342 e. The molecule has 2 amide bonds. The van der Waals surface area contributed by atoms with Crippen molar-refractivity contribution >= 4 is 28.3 Å². The molecule has 1 atom stereocenters. The molecule has 0 radical (unpaired) electrons. The second kappa shape index (κ2) is 7.58.